The van der Waals surface area contributed by atoms with Gasteiger partial charge in [0.15, 0.2) is 0 Å². The normalized spacial score (nSPS) is 13.7. The van der Waals surface area contributed by atoms with Crippen molar-refractivity contribution in [1.29, 1.82) is 0 Å². The van der Waals surface area contributed by atoms with Gasteiger partial charge in [-0.3, -0.25) is 0 Å². The van der Waals surface area contributed by atoms with Crippen molar-refractivity contribution in [3.05, 3.63) is 0 Å². The predicted octanol–water partition coefficient (Wildman–Crippen LogP) is 3.38. The molecule has 1 rings (SSSR count). The first-order chi connectivity index (χ1) is 6.91. The number of unbranched alkanes of at least 4 members (excludes halogenated alkanes) is 4. The Kier molecular flexibility index (Phi) is 21.8. The Bertz CT molecular complexity index is 59.1. The Morgan fingerprint density at radius 2 is 1.29 bits per heavy atom. The molecule has 1 fully saturated rings. The van der Waals surface area contributed by atoms with Crippen molar-refractivity contribution in [2.45, 2.75) is 58.8 Å². The van der Waals surface area contributed by atoms with Crippen LogP contribution in [0.2, 0.25) is 0 Å². The van der Waals surface area contributed by atoms with Gasteiger partial charge in [0.2, 0.25) is 0 Å². The summed E-state index contributed by atoms with van der Waals surface area (Å²) in [6, 6.07) is 0. The molecule has 2 nitrogen and oxygen atoms in total. The highest BCUT2D eigenvalue weighted by Crippen LogP contribution is 2.00. The predicted molar refractivity (Wildman–Crippen MR) is 62.6 cm³/mol. The molecule has 0 spiro atoms. The maximum Gasteiger partial charge on any atom is 0.0466 e. The van der Waals surface area contributed by atoms with Crippen LogP contribution in [-0.4, -0.2) is 25.4 Å². The van der Waals surface area contributed by atoms with E-state index in [1.165, 1.54) is 44.9 Å². The highest BCUT2D eigenvalue weighted by molar-refractivity contribution is 4.43. The number of aliphatic hydroxyl groups is 1. The fourth-order valence-electron chi connectivity index (χ4n) is 1.19. The summed E-state index contributed by atoms with van der Waals surface area (Å²) in [4.78, 5) is 0. The molecule has 0 amide bonds. The third kappa shape index (κ3) is 17.9. The van der Waals surface area contributed by atoms with Crippen molar-refractivity contribution in [3.8, 4) is 0 Å². The minimum absolute atomic E-state index is 1.00. The zero-order chi connectivity index (χ0) is 11.1. The van der Waals surface area contributed by atoms with E-state index in [1.807, 2.05) is 0 Å². The van der Waals surface area contributed by atoms with Crippen molar-refractivity contribution < 1.29 is 9.84 Å². The Balaban J connectivity index is 0. The van der Waals surface area contributed by atoms with Crippen molar-refractivity contribution in [2.75, 3.05) is 20.3 Å². The van der Waals surface area contributed by atoms with E-state index in [0.717, 1.165) is 20.3 Å². The largest absolute Gasteiger partial charge is 0.400 e. The van der Waals surface area contributed by atoms with Crippen molar-refractivity contribution in [3.63, 3.8) is 0 Å². The summed E-state index contributed by atoms with van der Waals surface area (Å²) < 4.78 is 4.94. The number of ether oxygens (including phenoxy) is 1. The van der Waals surface area contributed by atoms with Gasteiger partial charge in [-0.25, -0.2) is 0 Å². The van der Waals surface area contributed by atoms with Crippen LogP contribution in [-0.2, 0) is 4.74 Å². The maximum absolute atomic E-state index is 7.00. The van der Waals surface area contributed by atoms with Crippen LogP contribution in [0.15, 0.2) is 0 Å². The molecule has 0 bridgehead atoms. The SMILES string of the molecule is C1CCOC1.CCCCCCC.CO. The lowest BCUT2D eigenvalue weighted by Crippen LogP contribution is -1.74. The molecule has 0 saturated carbocycles. The molecule has 1 aliphatic heterocycles. The standard InChI is InChI=1S/C7H16.C4H8O.CH4O/c1-3-5-7-6-4-2;1-2-4-5-3-1;1-2/h3-7H2,1-2H3;1-4H2;2H,1H3. The van der Waals surface area contributed by atoms with Crippen LogP contribution >= 0.6 is 0 Å². The molecule has 0 aliphatic carbocycles. The van der Waals surface area contributed by atoms with Crippen molar-refractivity contribution in [2.24, 2.45) is 0 Å². The van der Waals surface area contributed by atoms with E-state index >= 15 is 0 Å². The average Bonchev–Trinajstić information content (AvgIpc) is 2.80. The summed E-state index contributed by atoms with van der Waals surface area (Å²) in [5.41, 5.74) is 0. The smallest absolute Gasteiger partial charge is 0.0466 e. The summed E-state index contributed by atoms with van der Waals surface area (Å²) in [6.07, 6.45) is 9.56. The molecular formula is C12H28O2. The fourth-order valence-corrected chi connectivity index (χ4v) is 1.19. The first kappa shape index (κ1) is 16.4. The van der Waals surface area contributed by atoms with E-state index in [2.05, 4.69) is 13.8 Å². The van der Waals surface area contributed by atoms with Gasteiger partial charge in [0.05, 0.1) is 0 Å². The van der Waals surface area contributed by atoms with E-state index < -0.39 is 0 Å². The number of hydrogen-bond donors (Lipinski definition) is 1. The van der Waals surface area contributed by atoms with Crippen molar-refractivity contribution in [1.82, 2.24) is 0 Å². The Morgan fingerprint density at radius 3 is 1.50 bits per heavy atom. The number of hydrogen-bond acceptors (Lipinski definition) is 2. The highest BCUT2D eigenvalue weighted by Gasteiger charge is 1.94. The summed E-state index contributed by atoms with van der Waals surface area (Å²) in [6.45, 7) is 6.49. The lowest BCUT2D eigenvalue weighted by molar-refractivity contribution is 0.198. The molecular weight excluding hydrogens is 176 g/mol. The summed E-state index contributed by atoms with van der Waals surface area (Å²) in [5, 5.41) is 7.00. The van der Waals surface area contributed by atoms with Crippen LogP contribution in [0.25, 0.3) is 0 Å². The summed E-state index contributed by atoms with van der Waals surface area (Å²) in [7, 11) is 1.00. The van der Waals surface area contributed by atoms with Crippen LogP contribution in [0.4, 0.5) is 0 Å². The maximum atomic E-state index is 7.00. The van der Waals surface area contributed by atoms with Gasteiger partial charge < -0.3 is 9.84 Å². The second-order valence-corrected chi connectivity index (χ2v) is 3.38. The highest BCUT2D eigenvalue weighted by atomic mass is 16.5. The van der Waals surface area contributed by atoms with Gasteiger partial charge in [0.1, 0.15) is 0 Å². The molecule has 1 aliphatic rings. The summed E-state index contributed by atoms with van der Waals surface area (Å²) >= 11 is 0. The summed E-state index contributed by atoms with van der Waals surface area (Å²) in [5.74, 6) is 0. The van der Waals surface area contributed by atoms with Gasteiger partial charge in [0, 0.05) is 20.3 Å². The molecule has 0 aromatic heterocycles. The lowest BCUT2D eigenvalue weighted by Gasteiger charge is -1.90. The van der Waals surface area contributed by atoms with Gasteiger partial charge >= 0.3 is 0 Å². The van der Waals surface area contributed by atoms with E-state index in [4.69, 9.17) is 9.84 Å². The Labute approximate surface area is 89.7 Å². The second-order valence-electron chi connectivity index (χ2n) is 3.38. The van der Waals surface area contributed by atoms with Crippen LogP contribution in [0, 0.1) is 0 Å². The first-order valence-electron chi connectivity index (χ1n) is 5.94. The monoisotopic (exact) mass is 204 g/mol. The number of rotatable bonds is 4. The van der Waals surface area contributed by atoms with Gasteiger partial charge in [-0.15, -0.1) is 0 Å². The topological polar surface area (TPSA) is 29.5 Å². The Morgan fingerprint density at radius 1 is 0.857 bits per heavy atom. The van der Waals surface area contributed by atoms with Gasteiger partial charge in [-0.1, -0.05) is 46.0 Å². The van der Waals surface area contributed by atoms with Crippen LogP contribution in [0.5, 0.6) is 0 Å². The Hall–Kier alpha value is -0.0800. The molecule has 1 N–H and O–H groups in total. The molecule has 14 heavy (non-hydrogen) atoms. The third-order valence-electron chi connectivity index (χ3n) is 2.03. The zero-order valence-electron chi connectivity index (χ0n) is 10.2. The van der Waals surface area contributed by atoms with Crippen LogP contribution in [0.3, 0.4) is 0 Å². The fraction of sp³-hybridized carbons (Fsp3) is 1.00. The van der Waals surface area contributed by atoms with Crippen LogP contribution in [0.1, 0.15) is 58.8 Å². The molecule has 1 saturated heterocycles. The van der Waals surface area contributed by atoms with Gasteiger partial charge in [-0.05, 0) is 12.8 Å². The zero-order valence-corrected chi connectivity index (χ0v) is 10.2. The van der Waals surface area contributed by atoms with E-state index in [0.29, 0.717) is 0 Å². The van der Waals surface area contributed by atoms with E-state index in [9.17, 15) is 0 Å². The quantitative estimate of drug-likeness (QED) is 0.711. The van der Waals surface area contributed by atoms with Crippen LogP contribution < -0.4 is 0 Å². The molecule has 88 valence electrons. The number of aliphatic hydroxyl groups excluding tert-OH is 1. The van der Waals surface area contributed by atoms with Crippen molar-refractivity contribution >= 4 is 0 Å². The molecule has 2 heteroatoms. The first-order valence-corrected chi connectivity index (χ1v) is 5.94. The molecule has 0 unspecified atom stereocenters. The molecule has 0 radical (unpaired) electrons. The minimum Gasteiger partial charge on any atom is -0.400 e. The molecule has 1 heterocycles. The second kappa shape index (κ2) is 18.7. The average molecular weight is 204 g/mol. The lowest BCUT2D eigenvalue weighted by atomic mass is 10.2. The molecule has 0 atom stereocenters. The van der Waals surface area contributed by atoms with Gasteiger partial charge in [-0.2, -0.15) is 0 Å². The minimum atomic E-state index is 1.00. The van der Waals surface area contributed by atoms with E-state index in [-0.39, 0.29) is 0 Å². The van der Waals surface area contributed by atoms with Gasteiger partial charge in [0.25, 0.3) is 0 Å². The van der Waals surface area contributed by atoms with E-state index in [1.54, 1.807) is 0 Å². The molecule has 0 aromatic carbocycles. The third-order valence-corrected chi connectivity index (χ3v) is 2.03. The molecule has 0 aromatic rings.